The summed E-state index contributed by atoms with van der Waals surface area (Å²) < 4.78 is 5.25. The van der Waals surface area contributed by atoms with Crippen LogP contribution in [0.5, 0.6) is 0 Å². The molecule has 2 N–H and O–H groups in total. The number of hydrogen-bond acceptors (Lipinski definition) is 3. The average Bonchev–Trinajstić information content (AvgIpc) is 2.29. The highest BCUT2D eigenvalue weighted by molar-refractivity contribution is 5.82. The second-order valence-corrected chi connectivity index (χ2v) is 4.26. The normalized spacial score (nSPS) is 25.7. The van der Waals surface area contributed by atoms with Crippen LogP contribution in [0.4, 0.5) is 0 Å². The fourth-order valence-corrected chi connectivity index (χ4v) is 1.55. The van der Waals surface area contributed by atoms with Gasteiger partial charge in [-0.1, -0.05) is 20.3 Å². The van der Waals surface area contributed by atoms with Crippen LogP contribution in [0.2, 0.25) is 0 Å². The molecule has 0 unspecified atom stereocenters. The molecule has 3 atom stereocenters. The molecular weight excluding hydrogens is 192 g/mol. The molecule has 4 heteroatoms. The minimum Gasteiger partial charge on any atom is -0.378 e. The highest BCUT2D eigenvalue weighted by atomic mass is 16.5. The number of ether oxygens (including phenoxy) is 1. The summed E-state index contributed by atoms with van der Waals surface area (Å²) in [7, 11) is 0. The number of rotatable bonds is 4. The third-order valence-corrected chi connectivity index (χ3v) is 3.11. The van der Waals surface area contributed by atoms with E-state index in [4.69, 9.17) is 4.74 Å². The summed E-state index contributed by atoms with van der Waals surface area (Å²) in [6.45, 7) is 8.28. The SMILES string of the molecule is CC[C@H](C)[C@@H](C)NC(=O)[C@H]1COCCN1. The molecular formula is C11H22N2O2. The molecule has 1 fully saturated rings. The van der Waals surface area contributed by atoms with E-state index in [0.717, 1.165) is 13.0 Å². The third-order valence-electron chi connectivity index (χ3n) is 3.11. The number of carbonyl (C=O) groups is 1. The summed E-state index contributed by atoms with van der Waals surface area (Å²) in [5.74, 6) is 0.570. The predicted molar refractivity (Wildman–Crippen MR) is 59.7 cm³/mol. The van der Waals surface area contributed by atoms with Gasteiger partial charge in [-0.15, -0.1) is 0 Å². The molecule has 1 saturated heterocycles. The van der Waals surface area contributed by atoms with Crippen molar-refractivity contribution in [2.45, 2.75) is 39.3 Å². The van der Waals surface area contributed by atoms with Crippen LogP contribution in [-0.2, 0) is 9.53 Å². The van der Waals surface area contributed by atoms with Crippen molar-refractivity contribution in [2.24, 2.45) is 5.92 Å². The first-order valence-electron chi connectivity index (χ1n) is 5.76. The first-order valence-corrected chi connectivity index (χ1v) is 5.76. The number of carbonyl (C=O) groups excluding carboxylic acids is 1. The number of amides is 1. The van der Waals surface area contributed by atoms with Crippen LogP contribution in [0, 0.1) is 5.92 Å². The Morgan fingerprint density at radius 3 is 2.87 bits per heavy atom. The molecule has 1 aliphatic rings. The lowest BCUT2D eigenvalue weighted by molar-refractivity contribution is -0.126. The molecule has 0 aromatic rings. The fourth-order valence-electron chi connectivity index (χ4n) is 1.55. The topological polar surface area (TPSA) is 50.4 Å². The smallest absolute Gasteiger partial charge is 0.239 e. The van der Waals surface area contributed by atoms with Gasteiger partial charge in [-0.05, 0) is 12.8 Å². The molecule has 0 aromatic carbocycles. The Bertz CT molecular complexity index is 203. The van der Waals surface area contributed by atoms with E-state index in [1.807, 2.05) is 0 Å². The maximum atomic E-state index is 11.8. The van der Waals surface area contributed by atoms with Crippen molar-refractivity contribution >= 4 is 5.91 Å². The lowest BCUT2D eigenvalue weighted by Crippen LogP contribution is -2.53. The maximum Gasteiger partial charge on any atom is 0.239 e. The quantitative estimate of drug-likeness (QED) is 0.717. The molecule has 0 bridgehead atoms. The second-order valence-electron chi connectivity index (χ2n) is 4.26. The molecule has 0 spiro atoms. The van der Waals surface area contributed by atoms with Crippen LogP contribution in [0.3, 0.4) is 0 Å². The number of hydrogen-bond donors (Lipinski definition) is 2. The summed E-state index contributed by atoms with van der Waals surface area (Å²) in [6, 6.07) is 0.0523. The molecule has 0 aromatic heterocycles. The van der Waals surface area contributed by atoms with Gasteiger partial charge >= 0.3 is 0 Å². The van der Waals surface area contributed by atoms with Gasteiger partial charge < -0.3 is 15.4 Å². The van der Waals surface area contributed by atoms with Gasteiger partial charge in [0.15, 0.2) is 0 Å². The van der Waals surface area contributed by atoms with E-state index in [9.17, 15) is 4.79 Å². The lowest BCUT2D eigenvalue weighted by atomic mass is 10.0. The number of morpholine rings is 1. The first-order chi connectivity index (χ1) is 7.15. The van der Waals surface area contributed by atoms with Crippen molar-refractivity contribution in [1.82, 2.24) is 10.6 Å². The molecule has 4 nitrogen and oxygen atoms in total. The highest BCUT2D eigenvalue weighted by Crippen LogP contribution is 2.07. The Hall–Kier alpha value is -0.610. The van der Waals surface area contributed by atoms with E-state index >= 15 is 0 Å². The van der Waals surface area contributed by atoms with Crippen LogP contribution < -0.4 is 10.6 Å². The van der Waals surface area contributed by atoms with Gasteiger partial charge in [0, 0.05) is 12.6 Å². The van der Waals surface area contributed by atoms with Crippen molar-refractivity contribution in [3.8, 4) is 0 Å². The van der Waals surface area contributed by atoms with E-state index in [1.165, 1.54) is 0 Å². The van der Waals surface area contributed by atoms with Crippen molar-refractivity contribution < 1.29 is 9.53 Å². The summed E-state index contributed by atoms with van der Waals surface area (Å²) in [5.41, 5.74) is 0. The predicted octanol–water partition coefficient (Wildman–Crippen LogP) is 0.526. The van der Waals surface area contributed by atoms with Gasteiger partial charge in [-0.2, -0.15) is 0 Å². The second kappa shape index (κ2) is 6.08. The lowest BCUT2D eigenvalue weighted by Gasteiger charge is -2.26. The molecule has 0 aliphatic carbocycles. The minimum atomic E-state index is -0.176. The molecule has 0 saturated carbocycles. The Morgan fingerprint density at radius 2 is 2.33 bits per heavy atom. The van der Waals surface area contributed by atoms with Gasteiger partial charge in [0.25, 0.3) is 0 Å². The van der Waals surface area contributed by atoms with E-state index in [-0.39, 0.29) is 18.0 Å². The molecule has 1 heterocycles. The van der Waals surface area contributed by atoms with Gasteiger partial charge in [0.1, 0.15) is 6.04 Å². The van der Waals surface area contributed by atoms with Crippen LogP contribution in [0.25, 0.3) is 0 Å². The van der Waals surface area contributed by atoms with Crippen LogP contribution in [0.15, 0.2) is 0 Å². The van der Waals surface area contributed by atoms with Crippen LogP contribution in [-0.4, -0.2) is 37.7 Å². The summed E-state index contributed by atoms with van der Waals surface area (Å²) in [5, 5.41) is 6.16. The zero-order valence-corrected chi connectivity index (χ0v) is 9.88. The summed E-state index contributed by atoms with van der Waals surface area (Å²) >= 11 is 0. The number of nitrogens with one attached hydrogen (secondary N) is 2. The Kier molecular flexibility index (Phi) is 5.05. The van der Waals surface area contributed by atoms with Gasteiger partial charge in [0.2, 0.25) is 5.91 Å². The average molecular weight is 214 g/mol. The zero-order chi connectivity index (χ0) is 11.3. The van der Waals surface area contributed by atoms with E-state index < -0.39 is 0 Å². The van der Waals surface area contributed by atoms with Gasteiger partial charge in [-0.25, -0.2) is 0 Å². The summed E-state index contributed by atoms with van der Waals surface area (Å²) in [4.78, 5) is 11.8. The molecule has 1 rings (SSSR count). The van der Waals surface area contributed by atoms with Crippen molar-refractivity contribution in [3.05, 3.63) is 0 Å². The molecule has 1 aliphatic heterocycles. The van der Waals surface area contributed by atoms with Crippen LogP contribution in [0.1, 0.15) is 27.2 Å². The van der Waals surface area contributed by atoms with Crippen molar-refractivity contribution in [3.63, 3.8) is 0 Å². The molecule has 0 radical (unpaired) electrons. The zero-order valence-electron chi connectivity index (χ0n) is 9.88. The van der Waals surface area contributed by atoms with E-state index in [0.29, 0.717) is 19.1 Å². The van der Waals surface area contributed by atoms with Crippen molar-refractivity contribution in [2.75, 3.05) is 19.8 Å². The van der Waals surface area contributed by atoms with Crippen molar-refractivity contribution in [1.29, 1.82) is 0 Å². The summed E-state index contributed by atoms with van der Waals surface area (Å²) in [6.07, 6.45) is 1.08. The third kappa shape index (κ3) is 3.80. The van der Waals surface area contributed by atoms with E-state index in [2.05, 4.69) is 31.4 Å². The Labute approximate surface area is 91.8 Å². The standard InChI is InChI=1S/C11H22N2O2/c1-4-8(2)9(3)13-11(14)10-7-15-6-5-12-10/h8-10,12H,4-7H2,1-3H3,(H,13,14)/t8-,9+,10+/m0/s1. The highest BCUT2D eigenvalue weighted by Gasteiger charge is 2.23. The fraction of sp³-hybridized carbons (Fsp3) is 0.909. The maximum absolute atomic E-state index is 11.8. The largest absolute Gasteiger partial charge is 0.378 e. The molecule has 1 amide bonds. The Balaban J connectivity index is 2.33. The molecule has 88 valence electrons. The van der Waals surface area contributed by atoms with Gasteiger partial charge in [-0.3, -0.25) is 4.79 Å². The first kappa shape index (κ1) is 12.5. The van der Waals surface area contributed by atoms with E-state index in [1.54, 1.807) is 0 Å². The monoisotopic (exact) mass is 214 g/mol. The van der Waals surface area contributed by atoms with Gasteiger partial charge in [0.05, 0.1) is 13.2 Å². The van der Waals surface area contributed by atoms with Crippen LogP contribution >= 0.6 is 0 Å². The molecule has 15 heavy (non-hydrogen) atoms. The minimum absolute atomic E-state index is 0.0579. The Morgan fingerprint density at radius 1 is 1.60 bits per heavy atom.